The number of nitrogens with one attached hydrogen (secondary N) is 1. The molecule has 8 nitrogen and oxygen atoms in total. The maximum absolute atomic E-state index is 13.3. The lowest BCUT2D eigenvalue weighted by atomic mass is 9.91. The van der Waals surface area contributed by atoms with E-state index in [4.69, 9.17) is 17.3 Å². The molecule has 1 aliphatic heterocycles. The molecular formula is C24H36ClN5O3. The van der Waals surface area contributed by atoms with E-state index < -0.39 is 12.1 Å². The van der Waals surface area contributed by atoms with Crippen LogP contribution in [0.4, 0.5) is 4.79 Å². The van der Waals surface area contributed by atoms with Crippen molar-refractivity contribution in [3.05, 3.63) is 34.9 Å². The van der Waals surface area contributed by atoms with E-state index >= 15 is 0 Å². The molecule has 0 aromatic heterocycles. The minimum Gasteiger partial charge on any atom is -0.351 e. The van der Waals surface area contributed by atoms with E-state index in [0.29, 0.717) is 37.5 Å². The van der Waals surface area contributed by atoms with Gasteiger partial charge in [0.2, 0.25) is 11.8 Å². The van der Waals surface area contributed by atoms with Crippen LogP contribution in [0.15, 0.2) is 24.3 Å². The quantitative estimate of drug-likeness (QED) is 0.569. The molecule has 33 heavy (non-hydrogen) atoms. The Bertz CT molecular complexity index is 820. The number of halogens is 1. The number of primary amides is 1. The highest BCUT2D eigenvalue weighted by Crippen LogP contribution is 2.27. The minimum atomic E-state index is -0.668. The molecule has 1 aromatic rings. The van der Waals surface area contributed by atoms with Gasteiger partial charge in [-0.25, -0.2) is 4.79 Å². The second-order valence-corrected chi connectivity index (χ2v) is 9.87. The molecule has 1 saturated carbocycles. The molecule has 4 amide bonds. The number of hydrogen-bond acceptors (Lipinski definition) is 4. The van der Waals surface area contributed by atoms with Gasteiger partial charge in [0.15, 0.2) is 0 Å². The molecule has 0 bridgehead atoms. The predicted molar refractivity (Wildman–Crippen MR) is 129 cm³/mol. The van der Waals surface area contributed by atoms with Gasteiger partial charge in [0.25, 0.3) is 0 Å². The Kier molecular flexibility index (Phi) is 8.97. The zero-order chi connectivity index (χ0) is 24.0. The Balaban J connectivity index is 1.64. The van der Waals surface area contributed by atoms with Crippen LogP contribution in [-0.4, -0.2) is 84.4 Å². The molecule has 9 heteroatoms. The van der Waals surface area contributed by atoms with Crippen molar-refractivity contribution in [3.8, 4) is 0 Å². The number of carbonyl (C=O) groups excluding carboxylic acids is 3. The number of carbonyl (C=O) groups is 3. The fourth-order valence-corrected chi connectivity index (χ4v) is 4.82. The van der Waals surface area contributed by atoms with Crippen molar-refractivity contribution < 1.29 is 14.4 Å². The average molecular weight is 478 g/mol. The SMILES string of the molecule is CN(C)CCC(=O)N[C@H](Cc1ccc(Cl)cc1)C(=O)N1CC(N(C(N)=O)C2CCCCC2)C1. The fourth-order valence-electron chi connectivity index (χ4n) is 4.70. The molecule has 182 valence electrons. The van der Waals surface area contributed by atoms with Gasteiger partial charge in [-0.2, -0.15) is 0 Å². The maximum atomic E-state index is 13.3. The van der Waals surface area contributed by atoms with E-state index in [1.807, 2.05) is 31.1 Å². The molecule has 0 unspecified atom stereocenters. The summed E-state index contributed by atoms with van der Waals surface area (Å²) in [5.41, 5.74) is 6.63. The normalized spacial score (nSPS) is 18.0. The molecule has 2 fully saturated rings. The Morgan fingerprint density at radius 1 is 1.09 bits per heavy atom. The first-order chi connectivity index (χ1) is 15.7. The smallest absolute Gasteiger partial charge is 0.315 e. The standard InChI is InChI=1S/C24H36ClN5O3/c1-28(2)13-12-22(31)27-21(14-17-8-10-18(25)11-9-17)23(32)29-15-20(16-29)30(24(26)33)19-6-4-3-5-7-19/h8-11,19-21H,3-7,12-16H2,1-2H3,(H2,26,33)(H,27,31)/t21-/m1/s1. The van der Waals surface area contributed by atoms with Crippen LogP contribution in [0.2, 0.25) is 5.02 Å². The number of rotatable bonds is 9. The second kappa shape index (κ2) is 11.7. The molecule has 0 spiro atoms. The zero-order valence-electron chi connectivity index (χ0n) is 19.6. The van der Waals surface area contributed by atoms with Gasteiger partial charge in [-0.05, 0) is 44.6 Å². The first-order valence-corrected chi connectivity index (χ1v) is 12.2. The molecule has 1 heterocycles. The lowest BCUT2D eigenvalue weighted by molar-refractivity contribution is -0.142. The molecule has 1 aromatic carbocycles. The Hall–Kier alpha value is -2.32. The third-order valence-corrected chi connectivity index (χ3v) is 6.81. The molecule has 1 atom stereocenters. The molecule has 1 saturated heterocycles. The summed E-state index contributed by atoms with van der Waals surface area (Å²) in [5.74, 6) is -0.290. The summed E-state index contributed by atoms with van der Waals surface area (Å²) in [6.07, 6.45) is 6.03. The van der Waals surface area contributed by atoms with Crippen molar-refractivity contribution in [2.24, 2.45) is 5.73 Å². The highest BCUT2D eigenvalue weighted by atomic mass is 35.5. The van der Waals surface area contributed by atoms with Crippen molar-refractivity contribution in [1.82, 2.24) is 20.0 Å². The third-order valence-electron chi connectivity index (χ3n) is 6.56. The molecule has 2 aliphatic rings. The monoisotopic (exact) mass is 477 g/mol. The van der Waals surface area contributed by atoms with Crippen LogP contribution >= 0.6 is 11.6 Å². The topological polar surface area (TPSA) is 99.0 Å². The largest absolute Gasteiger partial charge is 0.351 e. The van der Waals surface area contributed by atoms with E-state index in [2.05, 4.69) is 5.32 Å². The van der Waals surface area contributed by atoms with Crippen molar-refractivity contribution in [2.45, 2.75) is 63.1 Å². The molecular weight excluding hydrogens is 442 g/mol. The lowest BCUT2D eigenvalue weighted by Gasteiger charge is -2.49. The average Bonchev–Trinajstić information content (AvgIpc) is 2.75. The number of nitrogens with zero attached hydrogens (tertiary/aromatic N) is 3. The summed E-state index contributed by atoms with van der Waals surface area (Å²) in [4.78, 5) is 43.4. The van der Waals surface area contributed by atoms with E-state index in [0.717, 1.165) is 31.2 Å². The van der Waals surface area contributed by atoms with Crippen LogP contribution in [0.25, 0.3) is 0 Å². The Morgan fingerprint density at radius 3 is 2.30 bits per heavy atom. The summed E-state index contributed by atoms with van der Waals surface area (Å²) in [7, 11) is 3.81. The van der Waals surface area contributed by atoms with E-state index in [1.54, 1.807) is 21.9 Å². The van der Waals surface area contributed by atoms with Gasteiger partial charge in [-0.3, -0.25) is 9.59 Å². The van der Waals surface area contributed by atoms with Crippen molar-refractivity contribution in [1.29, 1.82) is 0 Å². The summed E-state index contributed by atoms with van der Waals surface area (Å²) < 4.78 is 0. The van der Waals surface area contributed by atoms with Gasteiger partial charge >= 0.3 is 6.03 Å². The number of urea groups is 1. The van der Waals surface area contributed by atoms with E-state index in [1.165, 1.54) is 6.42 Å². The van der Waals surface area contributed by atoms with Crippen molar-refractivity contribution >= 4 is 29.4 Å². The van der Waals surface area contributed by atoms with Crippen LogP contribution in [0.5, 0.6) is 0 Å². The van der Waals surface area contributed by atoms with Gasteiger partial charge < -0.3 is 25.8 Å². The molecule has 1 aliphatic carbocycles. The molecule has 3 N–H and O–H groups in total. The van der Waals surface area contributed by atoms with Gasteiger partial charge in [0.05, 0.1) is 6.04 Å². The number of likely N-dealkylation sites (tertiary alicyclic amines) is 1. The first kappa shape index (κ1) is 25.3. The highest BCUT2D eigenvalue weighted by molar-refractivity contribution is 6.30. The van der Waals surface area contributed by atoms with Crippen LogP contribution in [0, 0.1) is 0 Å². The maximum Gasteiger partial charge on any atom is 0.315 e. The number of benzene rings is 1. The summed E-state index contributed by atoms with van der Waals surface area (Å²) in [6.45, 7) is 1.50. The number of nitrogens with two attached hydrogens (primary N) is 1. The molecule has 3 rings (SSSR count). The van der Waals surface area contributed by atoms with Crippen LogP contribution in [0.1, 0.15) is 44.1 Å². The molecule has 0 radical (unpaired) electrons. The van der Waals surface area contributed by atoms with E-state index in [9.17, 15) is 14.4 Å². The minimum absolute atomic E-state index is 0.0600. The van der Waals surface area contributed by atoms with Crippen molar-refractivity contribution in [2.75, 3.05) is 33.7 Å². The van der Waals surface area contributed by atoms with Gasteiger partial charge in [0, 0.05) is 43.5 Å². The van der Waals surface area contributed by atoms with Gasteiger partial charge in [0.1, 0.15) is 6.04 Å². The van der Waals surface area contributed by atoms with Gasteiger partial charge in [-0.15, -0.1) is 0 Å². The predicted octanol–water partition coefficient (Wildman–Crippen LogP) is 2.24. The third kappa shape index (κ3) is 7.08. The lowest BCUT2D eigenvalue weighted by Crippen LogP contribution is -2.67. The first-order valence-electron chi connectivity index (χ1n) is 11.8. The second-order valence-electron chi connectivity index (χ2n) is 9.44. The van der Waals surface area contributed by atoms with E-state index in [-0.39, 0.29) is 23.9 Å². The summed E-state index contributed by atoms with van der Waals surface area (Å²) in [5, 5.41) is 3.54. The van der Waals surface area contributed by atoms with Crippen molar-refractivity contribution in [3.63, 3.8) is 0 Å². The Labute approximate surface area is 201 Å². The number of hydrogen-bond donors (Lipinski definition) is 2. The van der Waals surface area contributed by atoms with Crippen LogP contribution in [0.3, 0.4) is 0 Å². The van der Waals surface area contributed by atoms with Crippen LogP contribution in [-0.2, 0) is 16.0 Å². The zero-order valence-corrected chi connectivity index (χ0v) is 20.4. The highest BCUT2D eigenvalue weighted by Gasteiger charge is 2.41. The summed E-state index contributed by atoms with van der Waals surface area (Å²) in [6, 6.07) is 6.31. The van der Waals surface area contributed by atoms with Gasteiger partial charge in [-0.1, -0.05) is 43.0 Å². The van der Waals surface area contributed by atoms with Crippen LogP contribution < -0.4 is 11.1 Å². The fraction of sp³-hybridized carbons (Fsp3) is 0.625. The Morgan fingerprint density at radius 2 is 1.73 bits per heavy atom. The summed E-state index contributed by atoms with van der Waals surface area (Å²) >= 11 is 5.99. The number of amides is 4.